The molecule has 8 heteroatoms. The summed E-state index contributed by atoms with van der Waals surface area (Å²) in [5.74, 6) is -1.31. The third-order valence-corrected chi connectivity index (χ3v) is 4.83. The molecule has 0 unspecified atom stereocenters. The molecule has 0 radical (unpaired) electrons. The van der Waals surface area contributed by atoms with Crippen molar-refractivity contribution in [3.8, 4) is 5.88 Å². The van der Waals surface area contributed by atoms with Crippen LogP contribution in [0.1, 0.15) is 41.0 Å². The summed E-state index contributed by atoms with van der Waals surface area (Å²) in [4.78, 5) is 41.1. The number of carbonyl (C=O) groups excluding carboxylic acids is 1. The fraction of sp³-hybridized carbons (Fsp3) is 0.375. The molecule has 0 aliphatic heterocycles. The van der Waals surface area contributed by atoms with E-state index in [0.717, 1.165) is 19.0 Å². The van der Waals surface area contributed by atoms with Crippen LogP contribution in [-0.2, 0) is 19.5 Å². The van der Waals surface area contributed by atoms with Crippen molar-refractivity contribution >= 4 is 23.2 Å². The summed E-state index contributed by atoms with van der Waals surface area (Å²) in [5.41, 5.74) is -2.05. The number of nitrogens with zero attached hydrogens (tertiary/aromatic N) is 3. The van der Waals surface area contributed by atoms with Crippen molar-refractivity contribution in [2.75, 3.05) is 0 Å². The van der Waals surface area contributed by atoms with Crippen LogP contribution in [0.2, 0.25) is 0 Å². The SMILES string of the molecule is Cn1c(O)c(C(=O)C=Cc2cnc(C(C)(C)C)s2)c(=O)n(C)c1=O. The molecular formula is C16H19N3O4S. The molecular weight excluding hydrogens is 330 g/mol. The molecule has 0 aliphatic rings. The van der Waals surface area contributed by atoms with Gasteiger partial charge >= 0.3 is 5.69 Å². The van der Waals surface area contributed by atoms with Gasteiger partial charge in [0.05, 0.1) is 5.01 Å². The summed E-state index contributed by atoms with van der Waals surface area (Å²) in [6, 6.07) is 0. The lowest BCUT2D eigenvalue weighted by Gasteiger charge is -2.13. The normalized spacial score (nSPS) is 12.0. The highest BCUT2D eigenvalue weighted by Gasteiger charge is 2.20. The third-order valence-electron chi connectivity index (χ3n) is 3.44. The van der Waals surface area contributed by atoms with Gasteiger partial charge in [-0.05, 0) is 12.2 Å². The van der Waals surface area contributed by atoms with Crippen LogP contribution >= 0.6 is 11.3 Å². The highest BCUT2D eigenvalue weighted by atomic mass is 32.1. The van der Waals surface area contributed by atoms with Gasteiger partial charge in [0.15, 0.2) is 5.78 Å². The van der Waals surface area contributed by atoms with Crippen LogP contribution in [0.3, 0.4) is 0 Å². The Labute approximate surface area is 142 Å². The summed E-state index contributed by atoms with van der Waals surface area (Å²) >= 11 is 1.44. The van der Waals surface area contributed by atoms with E-state index in [-0.39, 0.29) is 5.41 Å². The number of hydrogen-bond acceptors (Lipinski definition) is 6. The Morgan fingerprint density at radius 1 is 1.25 bits per heavy atom. The largest absolute Gasteiger partial charge is 0.494 e. The first-order valence-electron chi connectivity index (χ1n) is 7.21. The molecule has 0 fully saturated rings. The number of thiazole rings is 1. The minimum atomic E-state index is -0.829. The van der Waals surface area contributed by atoms with E-state index in [9.17, 15) is 19.5 Å². The van der Waals surface area contributed by atoms with Gasteiger partial charge < -0.3 is 5.11 Å². The van der Waals surface area contributed by atoms with Crippen LogP contribution in [-0.4, -0.2) is 25.0 Å². The van der Waals surface area contributed by atoms with E-state index in [0.29, 0.717) is 0 Å². The fourth-order valence-corrected chi connectivity index (χ4v) is 2.88. The second-order valence-electron chi connectivity index (χ2n) is 6.42. The lowest BCUT2D eigenvalue weighted by Crippen LogP contribution is -2.39. The zero-order valence-corrected chi connectivity index (χ0v) is 15.0. The number of aromatic nitrogens is 3. The molecule has 0 amide bonds. The van der Waals surface area contributed by atoms with Crippen molar-refractivity contribution in [3.05, 3.63) is 48.6 Å². The van der Waals surface area contributed by atoms with Gasteiger partial charge in [0.25, 0.3) is 5.56 Å². The maximum absolute atomic E-state index is 12.3. The minimum absolute atomic E-state index is 0.0906. The number of carbonyl (C=O) groups is 1. The third kappa shape index (κ3) is 3.23. The molecule has 2 aromatic rings. The van der Waals surface area contributed by atoms with Crippen LogP contribution in [0.5, 0.6) is 5.88 Å². The van der Waals surface area contributed by atoms with E-state index in [2.05, 4.69) is 4.98 Å². The minimum Gasteiger partial charge on any atom is -0.494 e. The van der Waals surface area contributed by atoms with Crippen LogP contribution in [0.4, 0.5) is 0 Å². The van der Waals surface area contributed by atoms with E-state index < -0.39 is 28.5 Å². The van der Waals surface area contributed by atoms with E-state index in [4.69, 9.17) is 0 Å². The Morgan fingerprint density at radius 3 is 2.42 bits per heavy atom. The lowest BCUT2D eigenvalue weighted by atomic mass is 9.98. The Balaban J connectivity index is 2.39. The van der Waals surface area contributed by atoms with Crippen molar-refractivity contribution in [1.82, 2.24) is 14.1 Å². The van der Waals surface area contributed by atoms with Gasteiger partial charge in [0.1, 0.15) is 5.56 Å². The Bertz CT molecular complexity index is 942. The second kappa shape index (κ2) is 6.20. The highest BCUT2D eigenvalue weighted by molar-refractivity contribution is 7.12. The molecule has 24 heavy (non-hydrogen) atoms. The van der Waals surface area contributed by atoms with E-state index >= 15 is 0 Å². The topological polar surface area (TPSA) is 94.2 Å². The maximum atomic E-state index is 12.3. The second-order valence-corrected chi connectivity index (χ2v) is 7.48. The van der Waals surface area contributed by atoms with E-state index in [1.54, 1.807) is 12.3 Å². The first-order chi connectivity index (χ1) is 11.0. The molecule has 1 N–H and O–H groups in total. The summed E-state index contributed by atoms with van der Waals surface area (Å²) in [7, 11) is 2.54. The molecule has 0 aromatic carbocycles. The van der Waals surface area contributed by atoms with Crippen molar-refractivity contribution in [2.24, 2.45) is 14.1 Å². The van der Waals surface area contributed by atoms with Crippen LogP contribution in [0, 0.1) is 0 Å². The molecule has 2 aromatic heterocycles. The van der Waals surface area contributed by atoms with Gasteiger partial charge in [0, 0.05) is 30.6 Å². The number of rotatable bonds is 3. The maximum Gasteiger partial charge on any atom is 0.333 e. The van der Waals surface area contributed by atoms with Crippen molar-refractivity contribution in [1.29, 1.82) is 0 Å². The first-order valence-corrected chi connectivity index (χ1v) is 8.03. The smallest absolute Gasteiger partial charge is 0.333 e. The van der Waals surface area contributed by atoms with Gasteiger partial charge in [0.2, 0.25) is 5.88 Å². The molecule has 128 valence electrons. The molecule has 0 saturated heterocycles. The van der Waals surface area contributed by atoms with Crippen molar-refractivity contribution in [2.45, 2.75) is 26.2 Å². The highest BCUT2D eigenvalue weighted by Crippen LogP contribution is 2.27. The molecule has 0 saturated carbocycles. The summed E-state index contributed by atoms with van der Waals surface area (Å²) in [5, 5.41) is 10.9. The lowest BCUT2D eigenvalue weighted by molar-refractivity contribution is 0.104. The summed E-state index contributed by atoms with van der Waals surface area (Å²) in [6.07, 6.45) is 4.38. The zero-order valence-electron chi connectivity index (χ0n) is 14.2. The zero-order chi connectivity index (χ0) is 18.2. The predicted octanol–water partition coefficient (Wildman–Crippen LogP) is 1.44. The van der Waals surface area contributed by atoms with Gasteiger partial charge in [-0.2, -0.15) is 0 Å². The molecule has 0 aliphatic carbocycles. The van der Waals surface area contributed by atoms with Gasteiger partial charge in [-0.25, -0.2) is 9.78 Å². The van der Waals surface area contributed by atoms with E-state index in [1.165, 1.54) is 31.5 Å². The van der Waals surface area contributed by atoms with Gasteiger partial charge in [-0.3, -0.25) is 18.7 Å². The number of allylic oxidation sites excluding steroid dienone is 1. The fourth-order valence-electron chi connectivity index (χ4n) is 2.00. The predicted molar refractivity (Wildman–Crippen MR) is 92.8 cm³/mol. The van der Waals surface area contributed by atoms with Crippen molar-refractivity contribution < 1.29 is 9.90 Å². The number of aromatic hydroxyl groups is 1. The van der Waals surface area contributed by atoms with Gasteiger partial charge in [-0.1, -0.05) is 20.8 Å². The number of hydrogen-bond donors (Lipinski definition) is 1. The Morgan fingerprint density at radius 2 is 1.88 bits per heavy atom. The van der Waals surface area contributed by atoms with E-state index in [1.807, 2.05) is 20.8 Å². The molecule has 2 rings (SSSR count). The quantitative estimate of drug-likeness (QED) is 0.668. The number of ketones is 1. The summed E-state index contributed by atoms with van der Waals surface area (Å²) in [6.45, 7) is 6.12. The van der Waals surface area contributed by atoms with Crippen molar-refractivity contribution in [3.63, 3.8) is 0 Å². The average Bonchev–Trinajstić information content (AvgIpc) is 2.98. The van der Waals surface area contributed by atoms with Crippen LogP contribution in [0.25, 0.3) is 6.08 Å². The van der Waals surface area contributed by atoms with Crippen LogP contribution in [0.15, 0.2) is 21.9 Å². The first kappa shape index (κ1) is 17.9. The molecule has 0 bridgehead atoms. The Kier molecular flexibility index (Phi) is 4.61. The van der Waals surface area contributed by atoms with Crippen LogP contribution < -0.4 is 11.2 Å². The monoisotopic (exact) mass is 349 g/mol. The molecule has 0 atom stereocenters. The molecule has 2 heterocycles. The molecule has 0 spiro atoms. The standard InChI is InChI=1S/C16H19N3O4S/c1-16(2,3)14-17-8-9(24-14)6-7-10(20)11-12(21)18(4)15(23)19(5)13(11)22/h6-8,21H,1-5H3. The van der Waals surface area contributed by atoms with Gasteiger partial charge in [-0.15, -0.1) is 11.3 Å². The molecule has 7 nitrogen and oxygen atoms in total. The summed E-state index contributed by atoms with van der Waals surface area (Å²) < 4.78 is 1.64. The Hall–Kier alpha value is -2.48. The average molecular weight is 349 g/mol.